The van der Waals surface area contributed by atoms with Crippen LogP contribution in [0.15, 0.2) is 30.3 Å². The van der Waals surface area contributed by atoms with Crippen molar-refractivity contribution in [1.29, 1.82) is 0 Å². The molecule has 0 atom stereocenters. The summed E-state index contributed by atoms with van der Waals surface area (Å²) in [6.45, 7) is 7.04. The first kappa shape index (κ1) is 20.0. The standard InChI is InChI=1S/C22H36N2O/c1-2-3-4-5-6-7-8-12-15-22(25)24-18-16-23(17-19-24)20-21-13-10-9-11-14-21/h9-11,13-14H,2-8,12,15-20H2,1H3. The lowest BCUT2D eigenvalue weighted by molar-refractivity contribution is -0.133. The molecule has 1 aromatic rings. The summed E-state index contributed by atoms with van der Waals surface area (Å²) in [5.74, 6) is 0.366. The normalized spacial score (nSPS) is 15.5. The van der Waals surface area contributed by atoms with E-state index in [1.54, 1.807) is 0 Å². The van der Waals surface area contributed by atoms with E-state index in [0.717, 1.165) is 45.6 Å². The van der Waals surface area contributed by atoms with Crippen LogP contribution in [0.2, 0.25) is 0 Å². The summed E-state index contributed by atoms with van der Waals surface area (Å²) in [7, 11) is 0. The van der Waals surface area contributed by atoms with Crippen LogP contribution in [0.3, 0.4) is 0 Å². The van der Waals surface area contributed by atoms with Crippen molar-refractivity contribution in [3.8, 4) is 0 Å². The van der Waals surface area contributed by atoms with Gasteiger partial charge in [0.1, 0.15) is 0 Å². The average Bonchev–Trinajstić information content (AvgIpc) is 2.65. The SMILES string of the molecule is CCCCCCCCCCC(=O)N1CCN(Cc2ccccc2)CC1. The van der Waals surface area contributed by atoms with E-state index in [4.69, 9.17) is 0 Å². The highest BCUT2D eigenvalue weighted by Gasteiger charge is 2.20. The molecule has 1 heterocycles. The van der Waals surface area contributed by atoms with Crippen LogP contribution < -0.4 is 0 Å². The van der Waals surface area contributed by atoms with E-state index in [9.17, 15) is 4.79 Å². The zero-order valence-electron chi connectivity index (χ0n) is 16.1. The lowest BCUT2D eigenvalue weighted by Gasteiger charge is -2.34. The van der Waals surface area contributed by atoms with Gasteiger partial charge in [0.25, 0.3) is 0 Å². The van der Waals surface area contributed by atoms with Crippen molar-refractivity contribution in [2.75, 3.05) is 26.2 Å². The Morgan fingerprint density at radius 1 is 0.840 bits per heavy atom. The van der Waals surface area contributed by atoms with E-state index < -0.39 is 0 Å². The predicted octanol–water partition coefficient (Wildman–Crippen LogP) is 4.86. The van der Waals surface area contributed by atoms with Crippen molar-refractivity contribution in [1.82, 2.24) is 9.80 Å². The van der Waals surface area contributed by atoms with Crippen molar-refractivity contribution in [3.63, 3.8) is 0 Å². The predicted molar refractivity (Wildman–Crippen MR) is 106 cm³/mol. The van der Waals surface area contributed by atoms with Crippen molar-refractivity contribution in [3.05, 3.63) is 35.9 Å². The molecule has 1 aliphatic rings. The van der Waals surface area contributed by atoms with Crippen molar-refractivity contribution in [2.45, 2.75) is 71.3 Å². The van der Waals surface area contributed by atoms with Gasteiger partial charge in [0.05, 0.1) is 0 Å². The lowest BCUT2D eigenvalue weighted by atomic mass is 10.1. The summed E-state index contributed by atoms with van der Waals surface area (Å²) in [6, 6.07) is 10.6. The second-order valence-corrected chi connectivity index (χ2v) is 7.37. The summed E-state index contributed by atoms with van der Waals surface area (Å²) < 4.78 is 0. The van der Waals surface area contributed by atoms with Gasteiger partial charge < -0.3 is 4.90 Å². The Hall–Kier alpha value is -1.35. The molecule has 2 rings (SSSR count). The monoisotopic (exact) mass is 344 g/mol. The molecule has 0 spiro atoms. The van der Waals surface area contributed by atoms with Gasteiger partial charge in [-0.3, -0.25) is 9.69 Å². The number of carbonyl (C=O) groups is 1. The van der Waals surface area contributed by atoms with Crippen LogP contribution in [0.25, 0.3) is 0 Å². The summed E-state index contributed by atoms with van der Waals surface area (Å²) >= 11 is 0. The molecule has 0 radical (unpaired) electrons. The van der Waals surface area contributed by atoms with Crippen LogP contribution >= 0.6 is 0 Å². The summed E-state index contributed by atoms with van der Waals surface area (Å²) in [4.78, 5) is 16.9. The number of nitrogens with zero attached hydrogens (tertiary/aromatic N) is 2. The van der Waals surface area contributed by atoms with Gasteiger partial charge in [-0.05, 0) is 12.0 Å². The number of hydrogen-bond donors (Lipinski definition) is 0. The molecule has 140 valence electrons. The van der Waals surface area contributed by atoms with Crippen LogP contribution in [-0.2, 0) is 11.3 Å². The Kier molecular flexibility index (Phi) is 9.65. The number of amides is 1. The van der Waals surface area contributed by atoms with Crippen LogP contribution in [0.5, 0.6) is 0 Å². The number of carbonyl (C=O) groups excluding carboxylic acids is 1. The number of rotatable bonds is 11. The molecular weight excluding hydrogens is 308 g/mol. The maximum absolute atomic E-state index is 12.3. The van der Waals surface area contributed by atoms with E-state index in [2.05, 4.69) is 47.1 Å². The third-order valence-corrected chi connectivity index (χ3v) is 5.22. The highest BCUT2D eigenvalue weighted by Crippen LogP contribution is 2.12. The zero-order valence-corrected chi connectivity index (χ0v) is 16.1. The molecule has 25 heavy (non-hydrogen) atoms. The second kappa shape index (κ2) is 12.1. The van der Waals surface area contributed by atoms with Gasteiger partial charge in [0.2, 0.25) is 5.91 Å². The van der Waals surface area contributed by atoms with E-state index >= 15 is 0 Å². The fourth-order valence-corrected chi connectivity index (χ4v) is 3.57. The maximum Gasteiger partial charge on any atom is 0.222 e. The smallest absolute Gasteiger partial charge is 0.222 e. The molecule has 0 N–H and O–H groups in total. The van der Waals surface area contributed by atoms with Crippen LogP contribution in [0.4, 0.5) is 0 Å². The molecule has 1 fully saturated rings. The third-order valence-electron chi connectivity index (χ3n) is 5.22. The first-order valence-corrected chi connectivity index (χ1v) is 10.3. The van der Waals surface area contributed by atoms with Gasteiger partial charge in [0, 0.05) is 39.1 Å². The van der Waals surface area contributed by atoms with Crippen LogP contribution in [0, 0.1) is 0 Å². The molecule has 0 aromatic heterocycles. The Morgan fingerprint density at radius 3 is 2.08 bits per heavy atom. The van der Waals surface area contributed by atoms with Gasteiger partial charge in [-0.2, -0.15) is 0 Å². The summed E-state index contributed by atoms with van der Waals surface area (Å²) in [5, 5.41) is 0. The van der Waals surface area contributed by atoms with E-state index in [0.29, 0.717) is 5.91 Å². The zero-order chi connectivity index (χ0) is 17.7. The second-order valence-electron chi connectivity index (χ2n) is 7.37. The molecule has 3 nitrogen and oxygen atoms in total. The molecule has 0 aliphatic carbocycles. The molecule has 0 saturated carbocycles. The van der Waals surface area contributed by atoms with Gasteiger partial charge >= 0.3 is 0 Å². The lowest BCUT2D eigenvalue weighted by Crippen LogP contribution is -2.48. The summed E-state index contributed by atoms with van der Waals surface area (Å²) in [6.07, 6.45) is 11.1. The van der Waals surface area contributed by atoms with E-state index in [-0.39, 0.29) is 0 Å². The molecule has 1 amide bonds. The van der Waals surface area contributed by atoms with Gasteiger partial charge in [-0.25, -0.2) is 0 Å². The Labute approximate surface area is 154 Å². The molecule has 1 aliphatic heterocycles. The van der Waals surface area contributed by atoms with E-state index in [1.165, 1.54) is 50.5 Å². The molecular formula is C22H36N2O. The number of unbranched alkanes of at least 4 members (excludes halogenated alkanes) is 7. The topological polar surface area (TPSA) is 23.6 Å². The quantitative estimate of drug-likeness (QED) is 0.535. The maximum atomic E-state index is 12.3. The van der Waals surface area contributed by atoms with Gasteiger partial charge in [-0.1, -0.05) is 82.2 Å². The number of benzene rings is 1. The molecule has 1 aromatic carbocycles. The number of piperazine rings is 1. The molecule has 0 unspecified atom stereocenters. The molecule has 1 saturated heterocycles. The van der Waals surface area contributed by atoms with Crippen LogP contribution in [0.1, 0.15) is 70.3 Å². The fourth-order valence-electron chi connectivity index (χ4n) is 3.57. The minimum absolute atomic E-state index is 0.366. The van der Waals surface area contributed by atoms with E-state index in [1.807, 2.05) is 0 Å². The van der Waals surface area contributed by atoms with Crippen LogP contribution in [-0.4, -0.2) is 41.9 Å². The van der Waals surface area contributed by atoms with Crippen molar-refractivity contribution in [2.24, 2.45) is 0 Å². The van der Waals surface area contributed by atoms with Gasteiger partial charge in [0.15, 0.2) is 0 Å². The minimum Gasteiger partial charge on any atom is -0.340 e. The minimum atomic E-state index is 0.366. The van der Waals surface area contributed by atoms with Crippen molar-refractivity contribution >= 4 is 5.91 Å². The Balaban J connectivity index is 1.52. The third kappa shape index (κ3) is 8.04. The first-order valence-electron chi connectivity index (χ1n) is 10.3. The highest BCUT2D eigenvalue weighted by molar-refractivity contribution is 5.76. The Bertz CT molecular complexity index is 466. The van der Waals surface area contributed by atoms with Crippen molar-refractivity contribution < 1.29 is 4.79 Å². The largest absolute Gasteiger partial charge is 0.340 e. The first-order chi connectivity index (χ1) is 12.3. The Morgan fingerprint density at radius 2 is 1.44 bits per heavy atom. The molecule has 3 heteroatoms. The average molecular weight is 345 g/mol. The summed E-state index contributed by atoms with van der Waals surface area (Å²) in [5.41, 5.74) is 1.36. The fraction of sp³-hybridized carbons (Fsp3) is 0.682. The highest BCUT2D eigenvalue weighted by atomic mass is 16.2. The number of hydrogen-bond acceptors (Lipinski definition) is 2. The van der Waals surface area contributed by atoms with Gasteiger partial charge in [-0.15, -0.1) is 0 Å². The molecule has 0 bridgehead atoms.